The van der Waals surface area contributed by atoms with Crippen molar-refractivity contribution in [3.8, 4) is 0 Å². The van der Waals surface area contributed by atoms with Gasteiger partial charge in [-0.15, -0.1) is 0 Å². The van der Waals surface area contributed by atoms with Crippen LogP contribution in [0.3, 0.4) is 0 Å². The van der Waals surface area contributed by atoms with Crippen molar-refractivity contribution in [2.75, 3.05) is 6.54 Å². The fourth-order valence-electron chi connectivity index (χ4n) is 3.18. The van der Waals surface area contributed by atoms with Crippen molar-refractivity contribution in [2.45, 2.75) is 72.3 Å². The van der Waals surface area contributed by atoms with Crippen LogP contribution in [0.1, 0.15) is 66.2 Å². The Kier molecular flexibility index (Phi) is 7.57. The van der Waals surface area contributed by atoms with Gasteiger partial charge in [0.15, 0.2) is 0 Å². The number of rotatable bonds is 7. The second-order valence-corrected chi connectivity index (χ2v) is 7.00. The quantitative estimate of drug-likeness (QED) is 0.724. The van der Waals surface area contributed by atoms with Crippen molar-refractivity contribution in [1.29, 1.82) is 0 Å². The van der Waals surface area contributed by atoms with Gasteiger partial charge in [-0.2, -0.15) is 0 Å². The van der Waals surface area contributed by atoms with Crippen LogP contribution in [-0.4, -0.2) is 18.6 Å². The zero-order valence-electron chi connectivity index (χ0n) is 13.7. The van der Waals surface area contributed by atoms with Crippen LogP contribution in [0.2, 0.25) is 0 Å². The lowest BCUT2D eigenvalue weighted by Gasteiger charge is -2.31. The number of hydrogen-bond acceptors (Lipinski definition) is 3. The van der Waals surface area contributed by atoms with E-state index in [-0.39, 0.29) is 12.1 Å². The van der Waals surface area contributed by atoms with Crippen LogP contribution in [0, 0.1) is 23.7 Å². The summed E-state index contributed by atoms with van der Waals surface area (Å²) in [6.07, 6.45) is 5.86. The van der Waals surface area contributed by atoms with Crippen LogP contribution in [0.25, 0.3) is 0 Å². The number of ether oxygens (including phenoxy) is 1. The van der Waals surface area contributed by atoms with Gasteiger partial charge < -0.3 is 10.5 Å². The van der Waals surface area contributed by atoms with E-state index in [0.717, 1.165) is 31.6 Å². The van der Waals surface area contributed by atoms with Crippen LogP contribution in [0.5, 0.6) is 0 Å². The third-order valence-electron chi connectivity index (χ3n) is 5.05. The molecule has 4 atom stereocenters. The van der Waals surface area contributed by atoms with Gasteiger partial charge in [0.1, 0.15) is 6.10 Å². The van der Waals surface area contributed by atoms with Gasteiger partial charge in [-0.3, -0.25) is 4.79 Å². The van der Waals surface area contributed by atoms with E-state index in [2.05, 4.69) is 27.7 Å². The van der Waals surface area contributed by atoms with Gasteiger partial charge >= 0.3 is 5.97 Å². The van der Waals surface area contributed by atoms with Crippen molar-refractivity contribution in [1.82, 2.24) is 0 Å². The van der Waals surface area contributed by atoms with Gasteiger partial charge in [-0.1, -0.05) is 27.7 Å². The van der Waals surface area contributed by atoms with E-state index in [9.17, 15) is 4.79 Å². The molecule has 0 amide bonds. The van der Waals surface area contributed by atoms with E-state index < -0.39 is 0 Å². The third kappa shape index (κ3) is 5.82. The van der Waals surface area contributed by atoms with Crippen LogP contribution < -0.4 is 5.73 Å². The van der Waals surface area contributed by atoms with E-state index in [1.165, 1.54) is 6.42 Å². The van der Waals surface area contributed by atoms with Gasteiger partial charge in [0.25, 0.3) is 0 Å². The topological polar surface area (TPSA) is 52.3 Å². The number of carbonyl (C=O) groups excluding carboxylic acids is 1. The van der Waals surface area contributed by atoms with Crippen LogP contribution >= 0.6 is 0 Å². The molecule has 4 unspecified atom stereocenters. The molecule has 0 aromatic carbocycles. The molecule has 0 aromatic heterocycles. The highest BCUT2D eigenvalue weighted by molar-refractivity contribution is 5.69. The minimum atomic E-state index is -0.0144. The average Bonchev–Trinajstić information content (AvgIpc) is 2.38. The minimum Gasteiger partial charge on any atom is -0.462 e. The molecule has 118 valence electrons. The maximum absolute atomic E-state index is 12.0. The first-order chi connectivity index (χ1) is 9.43. The van der Waals surface area contributed by atoms with Crippen LogP contribution in [0.4, 0.5) is 0 Å². The summed E-state index contributed by atoms with van der Waals surface area (Å²) < 4.78 is 5.65. The van der Waals surface area contributed by atoms with Gasteiger partial charge in [0.2, 0.25) is 0 Å². The molecule has 3 heteroatoms. The smallest absolute Gasteiger partial charge is 0.306 e. The Bertz CT molecular complexity index is 291. The largest absolute Gasteiger partial charge is 0.462 e. The summed E-state index contributed by atoms with van der Waals surface area (Å²) in [5.74, 6) is 2.54. The first-order valence-electron chi connectivity index (χ1n) is 8.33. The van der Waals surface area contributed by atoms with Gasteiger partial charge in [0, 0.05) is 6.42 Å². The predicted molar refractivity (Wildman–Crippen MR) is 83.3 cm³/mol. The van der Waals surface area contributed by atoms with Gasteiger partial charge in [0.05, 0.1) is 0 Å². The molecule has 1 fully saturated rings. The second-order valence-electron chi connectivity index (χ2n) is 7.00. The molecule has 20 heavy (non-hydrogen) atoms. The molecule has 0 saturated heterocycles. The summed E-state index contributed by atoms with van der Waals surface area (Å²) in [6.45, 7) is 9.67. The number of esters is 1. The van der Waals surface area contributed by atoms with Gasteiger partial charge in [-0.05, 0) is 62.3 Å². The van der Waals surface area contributed by atoms with E-state index in [1.54, 1.807) is 0 Å². The average molecular weight is 283 g/mol. The molecule has 0 spiro atoms. The molecule has 1 rings (SSSR count). The van der Waals surface area contributed by atoms with E-state index in [1.807, 2.05) is 0 Å². The zero-order chi connectivity index (χ0) is 15.1. The Hall–Kier alpha value is -0.570. The summed E-state index contributed by atoms with van der Waals surface area (Å²) in [5, 5.41) is 0. The monoisotopic (exact) mass is 283 g/mol. The van der Waals surface area contributed by atoms with Crippen molar-refractivity contribution >= 4 is 5.97 Å². The summed E-state index contributed by atoms with van der Waals surface area (Å²) in [4.78, 5) is 12.0. The summed E-state index contributed by atoms with van der Waals surface area (Å²) >= 11 is 0. The van der Waals surface area contributed by atoms with Crippen molar-refractivity contribution in [3.05, 3.63) is 0 Å². The number of carbonyl (C=O) groups is 1. The van der Waals surface area contributed by atoms with Crippen molar-refractivity contribution < 1.29 is 9.53 Å². The Morgan fingerprint density at radius 2 is 1.90 bits per heavy atom. The lowest BCUT2D eigenvalue weighted by atomic mass is 9.80. The van der Waals surface area contributed by atoms with E-state index in [4.69, 9.17) is 10.5 Å². The highest BCUT2D eigenvalue weighted by Gasteiger charge is 2.27. The van der Waals surface area contributed by atoms with Crippen LogP contribution in [-0.2, 0) is 9.53 Å². The van der Waals surface area contributed by atoms with Crippen molar-refractivity contribution in [2.24, 2.45) is 29.4 Å². The highest BCUT2D eigenvalue weighted by atomic mass is 16.5. The molecule has 1 aliphatic rings. The first-order valence-corrected chi connectivity index (χ1v) is 8.33. The first kappa shape index (κ1) is 17.5. The molecule has 0 radical (unpaired) electrons. The fraction of sp³-hybridized carbons (Fsp3) is 0.941. The second kappa shape index (κ2) is 8.66. The third-order valence-corrected chi connectivity index (χ3v) is 5.05. The van der Waals surface area contributed by atoms with Gasteiger partial charge in [-0.25, -0.2) is 0 Å². The molecule has 3 nitrogen and oxygen atoms in total. The maximum atomic E-state index is 12.0. The summed E-state index contributed by atoms with van der Waals surface area (Å²) in [6, 6.07) is 0. The summed E-state index contributed by atoms with van der Waals surface area (Å²) in [7, 11) is 0. The Balaban J connectivity index is 2.29. The summed E-state index contributed by atoms with van der Waals surface area (Å²) in [5.41, 5.74) is 5.64. The molecule has 0 aliphatic heterocycles. The number of nitrogens with two attached hydrogens (primary N) is 1. The SMILES string of the molecule is CC(C)C(CCN)CCC(=O)OC1CCC(C)C(C)C1. The zero-order valence-corrected chi connectivity index (χ0v) is 13.7. The minimum absolute atomic E-state index is 0.0144. The maximum Gasteiger partial charge on any atom is 0.306 e. The molecular formula is C17H33NO2. The van der Waals surface area contributed by atoms with Crippen molar-refractivity contribution in [3.63, 3.8) is 0 Å². The lowest BCUT2D eigenvalue weighted by molar-refractivity contribution is -0.152. The lowest BCUT2D eigenvalue weighted by Crippen LogP contribution is -2.29. The highest BCUT2D eigenvalue weighted by Crippen LogP contribution is 2.31. The molecular weight excluding hydrogens is 250 g/mol. The molecule has 0 heterocycles. The molecule has 0 bridgehead atoms. The normalized spacial score (nSPS) is 28.4. The fourth-order valence-corrected chi connectivity index (χ4v) is 3.18. The standard InChI is InChI=1S/C17H33NO2/c1-12(2)15(9-10-18)6-8-17(19)20-16-7-5-13(3)14(4)11-16/h12-16H,5-11,18H2,1-4H3. The van der Waals surface area contributed by atoms with E-state index >= 15 is 0 Å². The molecule has 0 aromatic rings. The molecule has 1 saturated carbocycles. The molecule has 2 N–H and O–H groups in total. The number of hydrogen-bond donors (Lipinski definition) is 1. The Morgan fingerprint density at radius 1 is 1.20 bits per heavy atom. The van der Waals surface area contributed by atoms with Crippen LogP contribution in [0.15, 0.2) is 0 Å². The Morgan fingerprint density at radius 3 is 2.45 bits per heavy atom. The predicted octanol–water partition coefficient (Wildman–Crippen LogP) is 3.76. The molecule has 1 aliphatic carbocycles. The Labute approximate surface area is 124 Å². The van der Waals surface area contributed by atoms with E-state index in [0.29, 0.717) is 30.7 Å².